The van der Waals surface area contributed by atoms with Gasteiger partial charge in [-0.2, -0.15) is 0 Å². The summed E-state index contributed by atoms with van der Waals surface area (Å²) in [5.74, 6) is 0.611. The van der Waals surface area contributed by atoms with Crippen molar-refractivity contribution in [3.05, 3.63) is 53.4 Å². The normalized spacial score (nSPS) is 12.6. The molecule has 0 bridgehead atoms. The van der Waals surface area contributed by atoms with E-state index < -0.39 is 6.10 Å². The third kappa shape index (κ3) is 3.20. The Balaban J connectivity index is 2.13. The summed E-state index contributed by atoms with van der Waals surface area (Å²) in [6.07, 6.45) is 4.47. The molecular weight excluding hydrogens is 243 g/mol. The molecule has 1 aromatic carbocycles. The summed E-state index contributed by atoms with van der Waals surface area (Å²) < 4.78 is 15.2. The van der Waals surface area contributed by atoms with Crippen molar-refractivity contribution in [1.29, 1.82) is 0 Å². The molecule has 0 radical (unpaired) electrons. The SMILES string of the molecule is CCCn1ccnc1CC(O)c1ccc(F)c(C)c1. The zero-order valence-corrected chi connectivity index (χ0v) is 11.3. The molecule has 1 unspecified atom stereocenters. The van der Waals surface area contributed by atoms with Crippen LogP contribution in [0.1, 0.15) is 36.4 Å². The first-order chi connectivity index (χ1) is 9.11. The molecule has 2 rings (SSSR count). The predicted octanol–water partition coefficient (Wildman–Crippen LogP) is 3.02. The van der Waals surface area contributed by atoms with Gasteiger partial charge >= 0.3 is 0 Å². The molecule has 0 aliphatic heterocycles. The topological polar surface area (TPSA) is 38.0 Å². The van der Waals surface area contributed by atoms with E-state index in [1.807, 2.05) is 10.8 Å². The molecule has 19 heavy (non-hydrogen) atoms. The Bertz CT molecular complexity index is 551. The number of aliphatic hydroxyl groups is 1. The van der Waals surface area contributed by atoms with Gasteiger partial charge in [-0.1, -0.05) is 19.1 Å². The fraction of sp³-hybridized carbons (Fsp3) is 0.400. The minimum atomic E-state index is -0.655. The van der Waals surface area contributed by atoms with Crippen molar-refractivity contribution >= 4 is 0 Å². The molecule has 2 aromatic rings. The monoisotopic (exact) mass is 262 g/mol. The lowest BCUT2D eigenvalue weighted by molar-refractivity contribution is 0.174. The summed E-state index contributed by atoms with van der Waals surface area (Å²) in [7, 11) is 0. The fourth-order valence-corrected chi connectivity index (χ4v) is 2.14. The van der Waals surface area contributed by atoms with Crippen LogP contribution in [0.25, 0.3) is 0 Å². The second kappa shape index (κ2) is 5.97. The van der Waals surface area contributed by atoms with E-state index in [0.29, 0.717) is 12.0 Å². The Hall–Kier alpha value is -1.68. The zero-order valence-electron chi connectivity index (χ0n) is 11.3. The highest BCUT2D eigenvalue weighted by Gasteiger charge is 2.13. The molecule has 1 heterocycles. The number of rotatable bonds is 5. The summed E-state index contributed by atoms with van der Waals surface area (Å²) >= 11 is 0. The maximum Gasteiger partial charge on any atom is 0.126 e. The molecule has 0 aliphatic rings. The lowest BCUT2D eigenvalue weighted by Gasteiger charge is -2.13. The van der Waals surface area contributed by atoms with Crippen LogP contribution in [0.5, 0.6) is 0 Å². The van der Waals surface area contributed by atoms with E-state index in [1.54, 1.807) is 25.3 Å². The molecule has 0 fully saturated rings. The summed E-state index contributed by atoms with van der Waals surface area (Å²) in [5, 5.41) is 10.2. The largest absolute Gasteiger partial charge is 0.388 e. The first-order valence-corrected chi connectivity index (χ1v) is 6.56. The van der Waals surface area contributed by atoms with Gasteiger partial charge in [0.2, 0.25) is 0 Å². The molecule has 102 valence electrons. The van der Waals surface area contributed by atoms with Crippen molar-refractivity contribution in [2.45, 2.75) is 39.3 Å². The number of aromatic nitrogens is 2. The van der Waals surface area contributed by atoms with Crippen LogP contribution in [0, 0.1) is 12.7 Å². The van der Waals surface area contributed by atoms with E-state index >= 15 is 0 Å². The van der Waals surface area contributed by atoms with Gasteiger partial charge in [0.25, 0.3) is 0 Å². The van der Waals surface area contributed by atoms with Crippen LogP contribution in [0.2, 0.25) is 0 Å². The van der Waals surface area contributed by atoms with Crippen LogP contribution in [-0.2, 0) is 13.0 Å². The minimum absolute atomic E-state index is 0.247. The zero-order chi connectivity index (χ0) is 13.8. The van der Waals surface area contributed by atoms with Crippen molar-refractivity contribution in [1.82, 2.24) is 9.55 Å². The van der Waals surface area contributed by atoms with E-state index in [-0.39, 0.29) is 5.82 Å². The average Bonchev–Trinajstić information content (AvgIpc) is 2.80. The van der Waals surface area contributed by atoms with Crippen LogP contribution in [0.4, 0.5) is 4.39 Å². The van der Waals surface area contributed by atoms with Crippen molar-refractivity contribution in [2.24, 2.45) is 0 Å². The summed E-state index contributed by atoms with van der Waals surface area (Å²) in [6.45, 7) is 4.69. The Morgan fingerprint density at radius 3 is 2.89 bits per heavy atom. The van der Waals surface area contributed by atoms with E-state index in [1.165, 1.54) is 6.07 Å². The van der Waals surface area contributed by atoms with Crippen molar-refractivity contribution in [2.75, 3.05) is 0 Å². The van der Waals surface area contributed by atoms with E-state index in [0.717, 1.165) is 24.4 Å². The second-order valence-corrected chi connectivity index (χ2v) is 4.77. The van der Waals surface area contributed by atoms with Gasteiger partial charge in [-0.05, 0) is 30.5 Å². The summed E-state index contributed by atoms with van der Waals surface area (Å²) in [4.78, 5) is 4.27. The molecule has 0 saturated carbocycles. The second-order valence-electron chi connectivity index (χ2n) is 4.77. The molecule has 1 N–H and O–H groups in total. The smallest absolute Gasteiger partial charge is 0.126 e. The van der Waals surface area contributed by atoms with Gasteiger partial charge in [-0.3, -0.25) is 0 Å². The van der Waals surface area contributed by atoms with Crippen molar-refractivity contribution in [3.63, 3.8) is 0 Å². The summed E-state index contributed by atoms with van der Waals surface area (Å²) in [6, 6.07) is 4.71. The van der Waals surface area contributed by atoms with Crippen LogP contribution in [0.3, 0.4) is 0 Å². The third-order valence-corrected chi connectivity index (χ3v) is 3.21. The number of aliphatic hydroxyl groups excluding tert-OH is 1. The number of benzene rings is 1. The third-order valence-electron chi connectivity index (χ3n) is 3.21. The predicted molar refractivity (Wildman–Crippen MR) is 72.3 cm³/mol. The number of halogens is 1. The highest BCUT2D eigenvalue weighted by molar-refractivity contribution is 5.26. The highest BCUT2D eigenvalue weighted by Crippen LogP contribution is 2.20. The quantitative estimate of drug-likeness (QED) is 0.899. The maximum absolute atomic E-state index is 13.2. The molecule has 0 aliphatic carbocycles. The van der Waals surface area contributed by atoms with Gasteiger partial charge in [-0.25, -0.2) is 9.37 Å². The lowest BCUT2D eigenvalue weighted by atomic mass is 10.0. The van der Waals surface area contributed by atoms with Gasteiger partial charge in [0, 0.05) is 25.4 Å². The Labute approximate surface area is 112 Å². The van der Waals surface area contributed by atoms with Crippen LogP contribution < -0.4 is 0 Å². The molecule has 1 aromatic heterocycles. The van der Waals surface area contributed by atoms with Gasteiger partial charge in [0.15, 0.2) is 0 Å². The van der Waals surface area contributed by atoms with E-state index in [2.05, 4.69) is 11.9 Å². The molecule has 0 amide bonds. The Morgan fingerprint density at radius 1 is 1.42 bits per heavy atom. The van der Waals surface area contributed by atoms with Crippen LogP contribution in [0.15, 0.2) is 30.6 Å². The fourth-order valence-electron chi connectivity index (χ4n) is 2.14. The minimum Gasteiger partial charge on any atom is -0.388 e. The van der Waals surface area contributed by atoms with Gasteiger partial charge in [0.1, 0.15) is 11.6 Å². The van der Waals surface area contributed by atoms with E-state index in [9.17, 15) is 9.50 Å². The molecule has 0 saturated heterocycles. The van der Waals surface area contributed by atoms with Gasteiger partial charge in [-0.15, -0.1) is 0 Å². The van der Waals surface area contributed by atoms with Gasteiger partial charge < -0.3 is 9.67 Å². The molecular formula is C15H19FN2O. The molecule has 3 nitrogen and oxygen atoms in total. The molecule has 0 spiro atoms. The Kier molecular flexibility index (Phi) is 4.32. The standard InChI is InChI=1S/C15H19FN2O/c1-3-7-18-8-6-17-15(18)10-14(19)12-4-5-13(16)11(2)9-12/h4-6,8-9,14,19H,3,7,10H2,1-2H3. The number of aryl methyl sites for hydroxylation is 2. The van der Waals surface area contributed by atoms with Crippen LogP contribution in [-0.4, -0.2) is 14.7 Å². The lowest BCUT2D eigenvalue weighted by Crippen LogP contribution is -2.09. The Morgan fingerprint density at radius 2 is 2.21 bits per heavy atom. The molecule has 4 heteroatoms. The highest BCUT2D eigenvalue weighted by atomic mass is 19.1. The van der Waals surface area contributed by atoms with E-state index in [4.69, 9.17) is 0 Å². The number of hydrogen-bond acceptors (Lipinski definition) is 2. The summed E-state index contributed by atoms with van der Waals surface area (Å²) in [5.41, 5.74) is 1.28. The van der Waals surface area contributed by atoms with Crippen molar-refractivity contribution in [3.8, 4) is 0 Å². The van der Waals surface area contributed by atoms with Gasteiger partial charge in [0.05, 0.1) is 6.10 Å². The van der Waals surface area contributed by atoms with Crippen LogP contribution >= 0.6 is 0 Å². The average molecular weight is 262 g/mol. The maximum atomic E-state index is 13.2. The van der Waals surface area contributed by atoms with Crippen molar-refractivity contribution < 1.29 is 9.50 Å². The molecule has 1 atom stereocenters. The number of nitrogens with zero attached hydrogens (tertiary/aromatic N) is 2. The first kappa shape index (κ1) is 13.7. The number of hydrogen-bond donors (Lipinski definition) is 1. The number of imidazole rings is 1. The first-order valence-electron chi connectivity index (χ1n) is 6.56.